The van der Waals surface area contributed by atoms with Crippen LogP contribution >= 0.6 is 11.3 Å². The fourth-order valence-electron chi connectivity index (χ4n) is 1.37. The van der Waals surface area contributed by atoms with E-state index in [1.807, 2.05) is 6.20 Å². The molecule has 0 atom stereocenters. The van der Waals surface area contributed by atoms with E-state index in [1.165, 1.54) is 30.8 Å². The van der Waals surface area contributed by atoms with E-state index in [2.05, 4.69) is 29.1 Å². The first-order valence-corrected chi connectivity index (χ1v) is 6.40. The molecule has 1 aromatic rings. The van der Waals surface area contributed by atoms with Gasteiger partial charge >= 0.3 is 0 Å². The van der Waals surface area contributed by atoms with Crippen LogP contribution in [0.5, 0.6) is 0 Å². The van der Waals surface area contributed by atoms with E-state index < -0.39 is 0 Å². The van der Waals surface area contributed by atoms with Crippen LogP contribution in [0.15, 0.2) is 11.6 Å². The second kappa shape index (κ2) is 6.82. The van der Waals surface area contributed by atoms with Crippen molar-refractivity contribution in [2.45, 2.75) is 39.5 Å². The molecule has 0 spiro atoms. The standard InChI is InChI=1S/C11H20N2S/c1-3-5-8-13(9-6-4-2)11-12-7-10-14-11/h7,10H,3-6,8-9H2,1-2H3. The summed E-state index contributed by atoms with van der Waals surface area (Å²) in [6, 6.07) is 0. The largest absolute Gasteiger partial charge is 0.348 e. The molecule has 0 fully saturated rings. The minimum Gasteiger partial charge on any atom is -0.348 e. The lowest BCUT2D eigenvalue weighted by molar-refractivity contribution is 0.676. The molecule has 0 saturated carbocycles. The van der Waals surface area contributed by atoms with Crippen molar-refractivity contribution in [1.29, 1.82) is 0 Å². The third-order valence-electron chi connectivity index (χ3n) is 2.25. The predicted molar refractivity (Wildman–Crippen MR) is 64.1 cm³/mol. The first-order valence-electron chi connectivity index (χ1n) is 5.53. The first-order chi connectivity index (χ1) is 6.88. The zero-order chi connectivity index (χ0) is 10.2. The van der Waals surface area contributed by atoms with Gasteiger partial charge in [0.2, 0.25) is 0 Å². The van der Waals surface area contributed by atoms with E-state index in [4.69, 9.17) is 0 Å². The summed E-state index contributed by atoms with van der Waals surface area (Å²) in [5.41, 5.74) is 0. The maximum Gasteiger partial charge on any atom is 0.185 e. The molecule has 1 heterocycles. The summed E-state index contributed by atoms with van der Waals surface area (Å²) < 4.78 is 0. The van der Waals surface area contributed by atoms with Crippen LogP contribution in [0.3, 0.4) is 0 Å². The van der Waals surface area contributed by atoms with Crippen molar-refractivity contribution in [3.05, 3.63) is 11.6 Å². The number of hydrogen-bond donors (Lipinski definition) is 0. The molecule has 0 saturated heterocycles. The van der Waals surface area contributed by atoms with Crippen LogP contribution in [0, 0.1) is 0 Å². The van der Waals surface area contributed by atoms with Gasteiger partial charge in [-0.05, 0) is 12.8 Å². The van der Waals surface area contributed by atoms with Gasteiger partial charge in [-0.15, -0.1) is 11.3 Å². The minimum atomic E-state index is 1.16. The Bertz CT molecular complexity index is 213. The van der Waals surface area contributed by atoms with Gasteiger partial charge in [0.25, 0.3) is 0 Å². The minimum absolute atomic E-state index is 1.16. The molecular formula is C11H20N2S. The smallest absolute Gasteiger partial charge is 0.185 e. The van der Waals surface area contributed by atoms with Crippen LogP contribution in [0.4, 0.5) is 5.13 Å². The lowest BCUT2D eigenvalue weighted by atomic mass is 10.3. The average molecular weight is 212 g/mol. The summed E-state index contributed by atoms with van der Waals surface area (Å²) in [5, 5.41) is 3.24. The van der Waals surface area contributed by atoms with E-state index in [0.29, 0.717) is 0 Å². The van der Waals surface area contributed by atoms with Crippen LogP contribution in [0.1, 0.15) is 39.5 Å². The van der Waals surface area contributed by atoms with Crippen LogP contribution in [0.25, 0.3) is 0 Å². The Hall–Kier alpha value is -0.570. The first kappa shape index (κ1) is 11.5. The molecule has 0 aliphatic heterocycles. The molecule has 3 heteroatoms. The number of rotatable bonds is 7. The molecule has 0 bridgehead atoms. The van der Waals surface area contributed by atoms with E-state index in [-0.39, 0.29) is 0 Å². The third-order valence-corrected chi connectivity index (χ3v) is 3.09. The van der Waals surface area contributed by atoms with Crippen molar-refractivity contribution in [2.75, 3.05) is 18.0 Å². The highest BCUT2D eigenvalue weighted by atomic mass is 32.1. The Morgan fingerprint density at radius 3 is 2.29 bits per heavy atom. The molecular weight excluding hydrogens is 192 g/mol. The quantitative estimate of drug-likeness (QED) is 0.687. The van der Waals surface area contributed by atoms with Crippen LogP contribution in [-0.4, -0.2) is 18.1 Å². The fourth-order valence-corrected chi connectivity index (χ4v) is 2.07. The number of unbranched alkanes of at least 4 members (excludes halogenated alkanes) is 2. The number of nitrogens with zero attached hydrogens (tertiary/aromatic N) is 2. The lowest BCUT2D eigenvalue weighted by Crippen LogP contribution is -2.25. The van der Waals surface area contributed by atoms with Crippen molar-refractivity contribution < 1.29 is 0 Å². The summed E-state index contributed by atoms with van der Waals surface area (Å²) in [4.78, 5) is 6.78. The SMILES string of the molecule is CCCCN(CCCC)c1nccs1. The molecule has 14 heavy (non-hydrogen) atoms. The predicted octanol–water partition coefficient (Wildman–Crippen LogP) is 3.55. The Kier molecular flexibility index (Phi) is 5.60. The number of aromatic nitrogens is 1. The molecule has 80 valence electrons. The molecule has 0 N–H and O–H groups in total. The van der Waals surface area contributed by atoms with E-state index in [9.17, 15) is 0 Å². The Balaban J connectivity index is 2.44. The molecule has 2 nitrogen and oxygen atoms in total. The molecule has 1 aromatic heterocycles. The van der Waals surface area contributed by atoms with Crippen molar-refractivity contribution >= 4 is 16.5 Å². The molecule has 0 aromatic carbocycles. The summed E-state index contributed by atoms with van der Waals surface area (Å²) in [6.07, 6.45) is 6.94. The number of thiazole rings is 1. The molecule has 0 aliphatic rings. The van der Waals surface area contributed by atoms with Gasteiger partial charge in [-0.3, -0.25) is 0 Å². The van der Waals surface area contributed by atoms with Crippen LogP contribution in [-0.2, 0) is 0 Å². The van der Waals surface area contributed by atoms with Gasteiger partial charge in [-0.1, -0.05) is 26.7 Å². The zero-order valence-corrected chi connectivity index (χ0v) is 10.0. The van der Waals surface area contributed by atoms with Gasteiger partial charge in [0.1, 0.15) is 0 Å². The average Bonchev–Trinajstić information content (AvgIpc) is 2.71. The Morgan fingerprint density at radius 1 is 1.21 bits per heavy atom. The van der Waals surface area contributed by atoms with E-state index in [1.54, 1.807) is 11.3 Å². The van der Waals surface area contributed by atoms with Gasteiger partial charge in [0.05, 0.1) is 0 Å². The highest BCUT2D eigenvalue weighted by Gasteiger charge is 2.06. The fraction of sp³-hybridized carbons (Fsp3) is 0.727. The van der Waals surface area contributed by atoms with Gasteiger partial charge in [0.15, 0.2) is 5.13 Å². The number of hydrogen-bond acceptors (Lipinski definition) is 3. The highest BCUT2D eigenvalue weighted by molar-refractivity contribution is 7.13. The maximum absolute atomic E-state index is 4.37. The number of anilines is 1. The van der Waals surface area contributed by atoms with Gasteiger partial charge in [-0.25, -0.2) is 4.98 Å². The second-order valence-electron chi connectivity index (χ2n) is 3.51. The molecule has 0 unspecified atom stereocenters. The van der Waals surface area contributed by atoms with Gasteiger partial charge in [-0.2, -0.15) is 0 Å². The maximum atomic E-state index is 4.37. The third kappa shape index (κ3) is 3.66. The van der Waals surface area contributed by atoms with Crippen LogP contribution < -0.4 is 4.90 Å². The van der Waals surface area contributed by atoms with Crippen molar-refractivity contribution in [3.63, 3.8) is 0 Å². The summed E-state index contributed by atoms with van der Waals surface area (Å²) in [7, 11) is 0. The topological polar surface area (TPSA) is 16.1 Å². The molecule has 0 radical (unpaired) electrons. The summed E-state index contributed by atoms with van der Waals surface area (Å²) >= 11 is 1.75. The van der Waals surface area contributed by atoms with Gasteiger partial charge < -0.3 is 4.90 Å². The van der Waals surface area contributed by atoms with Crippen molar-refractivity contribution in [2.24, 2.45) is 0 Å². The lowest BCUT2D eigenvalue weighted by Gasteiger charge is -2.21. The highest BCUT2D eigenvalue weighted by Crippen LogP contribution is 2.18. The monoisotopic (exact) mass is 212 g/mol. The van der Waals surface area contributed by atoms with Crippen LogP contribution in [0.2, 0.25) is 0 Å². The normalized spacial score (nSPS) is 10.4. The summed E-state index contributed by atoms with van der Waals surface area (Å²) in [5.74, 6) is 0. The molecule has 1 rings (SSSR count). The Morgan fingerprint density at radius 2 is 1.86 bits per heavy atom. The van der Waals surface area contributed by atoms with Crippen molar-refractivity contribution in [3.8, 4) is 0 Å². The molecule has 0 aliphatic carbocycles. The summed E-state index contributed by atoms with van der Waals surface area (Å²) in [6.45, 7) is 6.79. The van der Waals surface area contributed by atoms with E-state index >= 15 is 0 Å². The Labute approximate surface area is 91.0 Å². The zero-order valence-electron chi connectivity index (χ0n) is 9.20. The van der Waals surface area contributed by atoms with Crippen molar-refractivity contribution in [1.82, 2.24) is 4.98 Å². The van der Waals surface area contributed by atoms with Gasteiger partial charge in [0, 0.05) is 24.7 Å². The van der Waals surface area contributed by atoms with E-state index in [0.717, 1.165) is 13.1 Å². The molecule has 0 amide bonds. The second-order valence-corrected chi connectivity index (χ2v) is 4.38.